The number of epoxide rings is 1. The minimum atomic E-state index is -0.322. The highest BCUT2D eigenvalue weighted by Gasteiger charge is 2.77. The van der Waals surface area contributed by atoms with E-state index in [2.05, 4.69) is 34.9 Å². The molecule has 7 atom stereocenters. The normalized spacial score (nSPS) is 48.4. The van der Waals surface area contributed by atoms with Gasteiger partial charge in [-0.05, 0) is 44.9 Å². The third-order valence-electron chi connectivity index (χ3n) is 7.90. The van der Waals surface area contributed by atoms with Crippen LogP contribution in [0.15, 0.2) is 0 Å². The first-order valence-corrected chi connectivity index (χ1v) is 10.5. The van der Waals surface area contributed by atoms with Gasteiger partial charge in [0.2, 0.25) is 0 Å². The van der Waals surface area contributed by atoms with Crippen LogP contribution in [-0.4, -0.2) is 54.9 Å². The molecule has 4 fully saturated rings. The van der Waals surface area contributed by atoms with Crippen molar-refractivity contribution in [3.05, 3.63) is 0 Å². The Kier molecular flexibility index (Phi) is 4.05. The van der Waals surface area contributed by atoms with Gasteiger partial charge in [0.1, 0.15) is 17.6 Å². The zero-order valence-corrected chi connectivity index (χ0v) is 16.7. The Morgan fingerprint density at radius 1 is 1.20 bits per heavy atom. The molecule has 4 rings (SSSR count). The molecule has 1 spiro atoms. The second-order valence-electron chi connectivity index (χ2n) is 10.2. The van der Waals surface area contributed by atoms with E-state index in [9.17, 15) is 4.79 Å². The van der Waals surface area contributed by atoms with Gasteiger partial charge in [0, 0.05) is 11.8 Å². The minimum Gasteiger partial charge on any atom is -0.455 e. The Morgan fingerprint density at radius 3 is 2.68 bits per heavy atom. The van der Waals surface area contributed by atoms with Gasteiger partial charge in [0.15, 0.2) is 0 Å². The van der Waals surface area contributed by atoms with Crippen LogP contribution < -0.4 is 0 Å². The number of ether oxygens (including phenoxy) is 2. The van der Waals surface area contributed by atoms with Gasteiger partial charge in [0.25, 0.3) is 0 Å². The lowest BCUT2D eigenvalue weighted by molar-refractivity contribution is -0.893. The van der Waals surface area contributed by atoms with Crippen LogP contribution in [0.3, 0.4) is 0 Å². The first kappa shape index (κ1) is 17.8. The van der Waals surface area contributed by atoms with Crippen molar-refractivity contribution in [1.29, 1.82) is 0 Å². The number of hydrogen-bond acceptors (Lipinski definition) is 3. The van der Waals surface area contributed by atoms with Crippen LogP contribution in [-0.2, 0) is 14.3 Å². The minimum absolute atomic E-state index is 0.0342. The molecule has 0 N–H and O–H groups in total. The van der Waals surface area contributed by atoms with Crippen LogP contribution >= 0.6 is 0 Å². The Morgan fingerprint density at radius 2 is 1.96 bits per heavy atom. The fourth-order valence-electron chi connectivity index (χ4n) is 6.47. The number of carbonyl (C=O) groups is 1. The molecule has 2 heterocycles. The molecule has 4 nitrogen and oxygen atoms in total. The molecule has 142 valence electrons. The number of rotatable bonds is 5. The first-order valence-electron chi connectivity index (χ1n) is 10.5. The van der Waals surface area contributed by atoms with Gasteiger partial charge in [-0.2, -0.15) is 0 Å². The summed E-state index contributed by atoms with van der Waals surface area (Å²) in [4.78, 5) is 13.0. The van der Waals surface area contributed by atoms with E-state index in [1.165, 1.54) is 19.3 Å². The van der Waals surface area contributed by atoms with Gasteiger partial charge in [-0.3, -0.25) is 4.79 Å². The summed E-state index contributed by atoms with van der Waals surface area (Å²) in [5, 5.41) is 0. The van der Waals surface area contributed by atoms with Gasteiger partial charge < -0.3 is 14.0 Å². The summed E-state index contributed by atoms with van der Waals surface area (Å²) >= 11 is 0. The van der Waals surface area contributed by atoms with Crippen molar-refractivity contribution < 1.29 is 18.8 Å². The van der Waals surface area contributed by atoms with Crippen molar-refractivity contribution in [2.45, 2.75) is 76.6 Å². The lowest BCUT2D eigenvalue weighted by Crippen LogP contribution is -2.59. The summed E-state index contributed by atoms with van der Waals surface area (Å²) in [5.41, 5.74) is -0.356. The molecule has 2 saturated heterocycles. The fraction of sp³-hybridized carbons (Fsp3) is 0.952. The maximum Gasteiger partial charge on any atom is 0.315 e. The van der Waals surface area contributed by atoms with Crippen LogP contribution in [0.1, 0.15) is 59.3 Å². The number of fused-ring (bicyclic) bond motifs is 1. The van der Waals surface area contributed by atoms with Crippen LogP contribution in [0.5, 0.6) is 0 Å². The summed E-state index contributed by atoms with van der Waals surface area (Å²) in [6.07, 6.45) is 7.20. The summed E-state index contributed by atoms with van der Waals surface area (Å²) in [6.45, 7) is 8.87. The lowest BCUT2D eigenvalue weighted by atomic mass is 9.55. The molecule has 4 heteroatoms. The van der Waals surface area contributed by atoms with E-state index in [1.807, 2.05) is 0 Å². The van der Waals surface area contributed by atoms with Crippen LogP contribution in [0, 0.1) is 23.7 Å². The smallest absolute Gasteiger partial charge is 0.315 e. The molecular formula is C21H36NO3+. The molecule has 0 aromatic rings. The zero-order chi connectivity index (χ0) is 18.0. The predicted octanol–water partition coefficient (Wildman–Crippen LogP) is 3.39. The Labute approximate surface area is 152 Å². The van der Waals surface area contributed by atoms with Gasteiger partial charge in [-0.25, -0.2) is 0 Å². The number of unbranched alkanes of at least 4 members (excludes halogenated alkanes) is 1. The molecule has 0 radical (unpaired) electrons. The third-order valence-corrected chi connectivity index (χ3v) is 7.90. The summed E-state index contributed by atoms with van der Waals surface area (Å²) in [6, 6.07) is 0. The van der Waals surface area contributed by atoms with Crippen LogP contribution in [0.25, 0.3) is 0 Å². The van der Waals surface area contributed by atoms with E-state index in [0.29, 0.717) is 17.8 Å². The quantitative estimate of drug-likeness (QED) is 0.433. The molecule has 25 heavy (non-hydrogen) atoms. The molecule has 0 amide bonds. The second kappa shape index (κ2) is 5.69. The summed E-state index contributed by atoms with van der Waals surface area (Å²) in [7, 11) is 4.55. The lowest BCUT2D eigenvalue weighted by Gasteiger charge is -2.50. The standard InChI is InChI=1S/C21H36NO3/c1-6-7-12-22(4,5)13-15-17-9-8-14(2)16-10-11-20(3)19(25-20)21(16,17)24-18(15)23/h14-17,19H,6-13H2,1-5H3/q+1/t14-,15?,16?,17?,19-,20-,21-/m1/s1. The van der Waals surface area contributed by atoms with E-state index < -0.39 is 0 Å². The van der Waals surface area contributed by atoms with E-state index in [-0.39, 0.29) is 29.2 Å². The van der Waals surface area contributed by atoms with Crippen molar-refractivity contribution in [1.82, 2.24) is 0 Å². The molecule has 4 aliphatic rings. The van der Waals surface area contributed by atoms with E-state index >= 15 is 0 Å². The summed E-state index contributed by atoms with van der Waals surface area (Å²) in [5.74, 6) is 1.60. The van der Waals surface area contributed by atoms with Crippen molar-refractivity contribution in [3.8, 4) is 0 Å². The van der Waals surface area contributed by atoms with Gasteiger partial charge in [-0.1, -0.05) is 20.3 Å². The number of nitrogens with zero attached hydrogens (tertiary/aromatic N) is 1. The molecule has 3 unspecified atom stereocenters. The highest BCUT2D eigenvalue weighted by atomic mass is 16.7. The van der Waals surface area contributed by atoms with Crippen LogP contribution in [0.4, 0.5) is 0 Å². The maximum atomic E-state index is 13.0. The van der Waals surface area contributed by atoms with Crippen molar-refractivity contribution >= 4 is 5.97 Å². The first-order chi connectivity index (χ1) is 11.7. The fourth-order valence-corrected chi connectivity index (χ4v) is 6.47. The monoisotopic (exact) mass is 350 g/mol. The summed E-state index contributed by atoms with van der Waals surface area (Å²) < 4.78 is 13.5. The van der Waals surface area contributed by atoms with Crippen LogP contribution in [0.2, 0.25) is 0 Å². The SMILES string of the molecule is CCCC[N+](C)(C)CC1C(=O)O[C@@]23C1CC[C@@H](C)C2CC[C@@]1(C)O[C@@H]31. The average Bonchev–Trinajstić information content (AvgIpc) is 3.17. The topological polar surface area (TPSA) is 38.8 Å². The zero-order valence-electron chi connectivity index (χ0n) is 16.7. The van der Waals surface area contributed by atoms with Crippen molar-refractivity contribution in [2.75, 3.05) is 27.2 Å². The molecule has 0 aromatic carbocycles. The number of quaternary nitrogens is 1. The average molecular weight is 351 g/mol. The number of esters is 1. The third kappa shape index (κ3) is 2.58. The van der Waals surface area contributed by atoms with E-state index in [1.54, 1.807) is 0 Å². The number of carbonyl (C=O) groups excluding carboxylic acids is 1. The van der Waals surface area contributed by atoms with Gasteiger partial charge in [-0.15, -0.1) is 0 Å². The maximum absolute atomic E-state index is 13.0. The molecule has 2 aliphatic heterocycles. The molecular weight excluding hydrogens is 314 g/mol. The highest BCUT2D eigenvalue weighted by Crippen LogP contribution is 2.66. The molecule has 2 aliphatic carbocycles. The largest absolute Gasteiger partial charge is 0.455 e. The van der Waals surface area contributed by atoms with E-state index in [0.717, 1.165) is 36.8 Å². The van der Waals surface area contributed by atoms with Crippen molar-refractivity contribution in [2.24, 2.45) is 23.7 Å². The second-order valence-corrected chi connectivity index (χ2v) is 10.2. The van der Waals surface area contributed by atoms with Gasteiger partial charge in [0.05, 0.1) is 32.8 Å². The Bertz CT molecular complexity index is 561. The van der Waals surface area contributed by atoms with E-state index in [4.69, 9.17) is 9.47 Å². The molecule has 0 aromatic heterocycles. The Hall–Kier alpha value is -0.610. The molecule has 2 saturated carbocycles. The van der Waals surface area contributed by atoms with Gasteiger partial charge >= 0.3 is 5.97 Å². The highest BCUT2D eigenvalue weighted by molar-refractivity contribution is 5.77. The molecule has 0 bridgehead atoms. The Balaban J connectivity index is 1.61. The predicted molar refractivity (Wildman–Crippen MR) is 97.0 cm³/mol. The van der Waals surface area contributed by atoms with Crippen molar-refractivity contribution in [3.63, 3.8) is 0 Å². The number of hydrogen-bond donors (Lipinski definition) is 0.